The van der Waals surface area contributed by atoms with E-state index in [1.54, 1.807) is 0 Å². The van der Waals surface area contributed by atoms with Gasteiger partial charge < -0.3 is 9.32 Å². The number of aryl methyl sites for hydroxylation is 1. The van der Waals surface area contributed by atoms with E-state index in [9.17, 15) is 0 Å². The highest BCUT2D eigenvalue weighted by Crippen LogP contribution is 2.28. The van der Waals surface area contributed by atoms with Crippen LogP contribution in [0.2, 0.25) is 0 Å². The topological polar surface area (TPSA) is 29.3 Å². The van der Waals surface area contributed by atoms with E-state index in [1.165, 1.54) is 0 Å². The van der Waals surface area contributed by atoms with Gasteiger partial charge in [0.25, 0.3) is 6.01 Å². The number of rotatable bonds is 1. The molecule has 0 amide bonds. The molecule has 0 saturated heterocycles. The Morgan fingerprint density at radius 3 is 2.00 bits per heavy atom. The molecule has 1 aromatic heterocycles. The molecular formula is C10H18N2O. The van der Waals surface area contributed by atoms with Crippen LogP contribution in [-0.4, -0.2) is 19.1 Å². The Balaban J connectivity index is 3.11. The van der Waals surface area contributed by atoms with Gasteiger partial charge in [-0.3, -0.25) is 0 Å². The lowest BCUT2D eigenvalue weighted by molar-refractivity contribution is 0.408. The van der Waals surface area contributed by atoms with Crippen LogP contribution in [-0.2, 0) is 5.41 Å². The summed E-state index contributed by atoms with van der Waals surface area (Å²) in [5.74, 6) is 0.969. The summed E-state index contributed by atoms with van der Waals surface area (Å²) in [6.07, 6.45) is 0. The summed E-state index contributed by atoms with van der Waals surface area (Å²) in [4.78, 5) is 6.21. The summed E-state index contributed by atoms with van der Waals surface area (Å²) in [5, 5.41) is 0. The van der Waals surface area contributed by atoms with Crippen molar-refractivity contribution in [3.63, 3.8) is 0 Å². The summed E-state index contributed by atoms with van der Waals surface area (Å²) in [5.41, 5.74) is 1.02. The molecule has 0 saturated carbocycles. The largest absolute Gasteiger partial charge is 0.428 e. The molecule has 74 valence electrons. The highest BCUT2D eigenvalue weighted by Gasteiger charge is 2.23. The first-order valence-electron chi connectivity index (χ1n) is 4.47. The predicted molar refractivity (Wildman–Crippen MR) is 54.3 cm³/mol. The average molecular weight is 182 g/mol. The molecular weight excluding hydrogens is 164 g/mol. The van der Waals surface area contributed by atoms with Crippen LogP contribution in [0.4, 0.5) is 6.01 Å². The maximum atomic E-state index is 5.66. The second kappa shape index (κ2) is 3.05. The van der Waals surface area contributed by atoms with Crippen LogP contribution >= 0.6 is 0 Å². The predicted octanol–water partition coefficient (Wildman–Crippen LogP) is 2.35. The quantitative estimate of drug-likeness (QED) is 0.667. The minimum absolute atomic E-state index is 0.0331. The van der Waals surface area contributed by atoms with Gasteiger partial charge in [0.15, 0.2) is 0 Å². The van der Waals surface area contributed by atoms with Crippen molar-refractivity contribution in [2.75, 3.05) is 19.0 Å². The molecule has 3 nitrogen and oxygen atoms in total. The zero-order valence-electron chi connectivity index (χ0n) is 9.30. The van der Waals surface area contributed by atoms with E-state index in [-0.39, 0.29) is 5.41 Å². The summed E-state index contributed by atoms with van der Waals surface area (Å²) in [7, 11) is 3.86. The van der Waals surface area contributed by atoms with Crippen molar-refractivity contribution in [3.05, 3.63) is 11.5 Å². The normalized spacial score (nSPS) is 11.8. The average Bonchev–Trinajstić information content (AvgIpc) is 2.29. The van der Waals surface area contributed by atoms with Crippen molar-refractivity contribution in [1.82, 2.24) is 4.98 Å². The van der Waals surface area contributed by atoms with Gasteiger partial charge in [-0.25, -0.2) is 0 Å². The van der Waals surface area contributed by atoms with Crippen molar-refractivity contribution in [3.8, 4) is 0 Å². The van der Waals surface area contributed by atoms with Gasteiger partial charge in [0, 0.05) is 19.5 Å². The fourth-order valence-corrected chi connectivity index (χ4v) is 1.27. The standard InChI is InChI=1S/C10H18N2O/c1-7-8(10(2,3)4)13-9(11-7)12(5)6/h1-6H3. The van der Waals surface area contributed by atoms with Crippen molar-refractivity contribution in [1.29, 1.82) is 0 Å². The molecule has 0 unspecified atom stereocenters. The second-order valence-corrected chi connectivity index (χ2v) is 4.56. The molecule has 0 aromatic carbocycles. The molecule has 3 heteroatoms. The second-order valence-electron chi connectivity index (χ2n) is 4.56. The van der Waals surface area contributed by atoms with Crippen LogP contribution in [0.5, 0.6) is 0 Å². The molecule has 0 fully saturated rings. The molecule has 0 aliphatic heterocycles. The van der Waals surface area contributed by atoms with Crippen molar-refractivity contribution >= 4 is 6.01 Å². The van der Waals surface area contributed by atoms with Gasteiger partial charge in [0.1, 0.15) is 5.76 Å². The van der Waals surface area contributed by atoms with Crippen LogP contribution in [0.3, 0.4) is 0 Å². The smallest absolute Gasteiger partial charge is 0.297 e. The third-order valence-electron chi connectivity index (χ3n) is 1.85. The van der Waals surface area contributed by atoms with Gasteiger partial charge in [0.05, 0.1) is 5.69 Å². The molecule has 0 bridgehead atoms. The molecule has 0 spiro atoms. The number of hydrogen-bond donors (Lipinski definition) is 0. The third kappa shape index (κ3) is 2.02. The van der Waals surface area contributed by atoms with Crippen molar-refractivity contribution in [2.45, 2.75) is 33.1 Å². The van der Waals surface area contributed by atoms with E-state index in [2.05, 4.69) is 25.8 Å². The van der Waals surface area contributed by atoms with Gasteiger partial charge in [-0.1, -0.05) is 20.8 Å². The zero-order chi connectivity index (χ0) is 10.2. The molecule has 1 heterocycles. The van der Waals surface area contributed by atoms with Crippen LogP contribution in [0.25, 0.3) is 0 Å². The van der Waals surface area contributed by atoms with Crippen LogP contribution in [0.1, 0.15) is 32.2 Å². The number of aromatic nitrogens is 1. The minimum atomic E-state index is 0.0331. The Kier molecular flexibility index (Phi) is 2.37. The van der Waals surface area contributed by atoms with Gasteiger partial charge in [-0.15, -0.1) is 0 Å². The highest BCUT2D eigenvalue weighted by atomic mass is 16.4. The first-order valence-corrected chi connectivity index (χ1v) is 4.47. The molecule has 0 aliphatic rings. The Morgan fingerprint density at radius 1 is 1.23 bits per heavy atom. The molecule has 1 rings (SSSR count). The molecule has 0 aliphatic carbocycles. The van der Waals surface area contributed by atoms with Gasteiger partial charge in [-0.2, -0.15) is 4.98 Å². The van der Waals surface area contributed by atoms with Gasteiger partial charge in [0.2, 0.25) is 0 Å². The van der Waals surface area contributed by atoms with E-state index in [1.807, 2.05) is 25.9 Å². The fourth-order valence-electron chi connectivity index (χ4n) is 1.27. The lowest BCUT2D eigenvalue weighted by Crippen LogP contribution is -2.11. The lowest BCUT2D eigenvalue weighted by atomic mass is 9.92. The Hall–Kier alpha value is -0.990. The van der Waals surface area contributed by atoms with E-state index in [4.69, 9.17) is 4.42 Å². The number of nitrogens with zero attached hydrogens (tertiary/aromatic N) is 2. The maximum absolute atomic E-state index is 5.66. The summed E-state index contributed by atoms with van der Waals surface area (Å²) < 4.78 is 5.66. The van der Waals surface area contributed by atoms with Crippen molar-refractivity contribution < 1.29 is 4.42 Å². The Labute approximate surface area is 79.8 Å². The zero-order valence-corrected chi connectivity index (χ0v) is 9.30. The molecule has 1 aromatic rings. The van der Waals surface area contributed by atoms with Crippen LogP contribution in [0, 0.1) is 6.92 Å². The molecule has 0 radical (unpaired) electrons. The van der Waals surface area contributed by atoms with Gasteiger partial charge in [-0.05, 0) is 6.92 Å². The summed E-state index contributed by atoms with van der Waals surface area (Å²) >= 11 is 0. The molecule has 0 atom stereocenters. The number of oxazole rings is 1. The first kappa shape index (κ1) is 10.1. The SMILES string of the molecule is Cc1nc(N(C)C)oc1C(C)(C)C. The van der Waals surface area contributed by atoms with Crippen LogP contribution in [0.15, 0.2) is 4.42 Å². The first-order chi connectivity index (χ1) is 5.82. The highest BCUT2D eigenvalue weighted by molar-refractivity contribution is 5.29. The van der Waals surface area contributed by atoms with Gasteiger partial charge >= 0.3 is 0 Å². The van der Waals surface area contributed by atoms with Crippen LogP contribution < -0.4 is 4.90 Å². The Morgan fingerprint density at radius 2 is 1.77 bits per heavy atom. The van der Waals surface area contributed by atoms with E-state index < -0.39 is 0 Å². The third-order valence-corrected chi connectivity index (χ3v) is 1.85. The number of anilines is 1. The monoisotopic (exact) mass is 182 g/mol. The molecule has 13 heavy (non-hydrogen) atoms. The Bertz CT molecular complexity index is 294. The maximum Gasteiger partial charge on any atom is 0.297 e. The molecule has 0 N–H and O–H groups in total. The van der Waals surface area contributed by atoms with E-state index in [0.717, 1.165) is 11.5 Å². The van der Waals surface area contributed by atoms with Crippen molar-refractivity contribution in [2.24, 2.45) is 0 Å². The van der Waals surface area contributed by atoms with E-state index in [0.29, 0.717) is 6.01 Å². The summed E-state index contributed by atoms with van der Waals surface area (Å²) in [6, 6.07) is 0.683. The minimum Gasteiger partial charge on any atom is -0.428 e. The number of hydrogen-bond acceptors (Lipinski definition) is 3. The fraction of sp³-hybridized carbons (Fsp3) is 0.700. The summed E-state index contributed by atoms with van der Waals surface area (Å²) in [6.45, 7) is 8.36. The van der Waals surface area contributed by atoms with E-state index >= 15 is 0 Å². The lowest BCUT2D eigenvalue weighted by Gasteiger charge is -2.15.